The van der Waals surface area contributed by atoms with Crippen LogP contribution in [0.15, 0.2) is 6.20 Å². The summed E-state index contributed by atoms with van der Waals surface area (Å²) in [4.78, 5) is 21.0. The Labute approximate surface area is 93.5 Å². The van der Waals surface area contributed by atoms with Crippen molar-refractivity contribution in [2.45, 2.75) is 6.92 Å². The number of aromatic nitrogens is 1. The molecule has 0 N–H and O–H groups in total. The average molecular weight is 225 g/mol. The van der Waals surface area contributed by atoms with E-state index in [1.807, 2.05) is 11.8 Å². The van der Waals surface area contributed by atoms with Gasteiger partial charge in [-0.05, 0) is 14.0 Å². The Hall–Kier alpha value is -0.940. The summed E-state index contributed by atoms with van der Waals surface area (Å²) in [6.07, 6.45) is 1.68. The summed E-state index contributed by atoms with van der Waals surface area (Å²) in [5.74, 6) is 0.133. The Morgan fingerprint density at radius 3 is 2.60 bits per heavy atom. The number of hydrogen-bond acceptors (Lipinski definition) is 4. The first-order valence-electron chi connectivity index (χ1n) is 5.07. The van der Waals surface area contributed by atoms with Crippen molar-refractivity contribution in [3.8, 4) is 0 Å². The molecule has 1 aromatic rings. The standard InChI is InChI=1S/C10H15N3OS/c1-8-11-7-9(15-8)10(14)13-5-3-12(2)4-6-13/h7H,3-6H2,1-2H3. The first kappa shape index (κ1) is 10.6. The van der Waals surface area contributed by atoms with Crippen molar-refractivity contribution < 1.29 is 4.79 Å². The third-order valence-corrected chi connectivity index (χ3v) is 3.52. The van der Waals surface area contributed by atoms with Crippen molar-refractivity contribution in [1.29, 1.82) is 0 Å². The van der Waals surface area contributed by atoms with E-state index >= 15 is 0 Å². The molecule has 0 bridgehead atoms. The smallest absolute Gasteiger partial charge is 0.265 e. The van der Waals surface area contributed by atoms with Crippen molar-refractivity contribution in [3.63, 3.8) is 0 Å². The zero-order valence-electron chi connectivity index (χ0n) is 9.06. The molecule has 1 saturated heterocycles. The third-order valence-electron chi connectivity index (χ3n) is 2.62. The van der Waals surface area contributed by atoms with Crippen LogP contribution in [-0.2, 0) is 0 Å². The second kappa shape index (κ2) is 4.28. The van der Waals surface area contributed by atoms with Crippen molar-refractivity contribution in [3.05, 3.63) is 16.1 Å². The molecule has 0 radical (unpaired) electrons. The number of thiazole rings is 1. The number of amides is 1. The molecule has 1 fully saturated rings. The molecule has 1 aliphatic rings. The number of piperazine rings is 1. The van der Waals surface area contributed by atoms with Gasteiger partial charge in [0.1, 0.15) is 4.88 Å². The minimum atomic E-state index is 0.133. The lowest BCUT2D eigenvalue weighted by Gasteiger charge is -2.31. The summed E-state index contributed by atoms with van der Waals surface area (Å²) in [6, 6.07) is 0. The molecule has 0 saturated carbocycles. The highest BCUT2D eigenvalue weighted by Gasteiger charge is 2.21. The van der Waals surface area contributed by atoms with Crippen molar-refractivity contribution in [1.82, 2.24) is 14.8 Å². The Morgan fingerprint density at radius 2 is 2.07 bits per heavy atom. The summed E-state index contributed by atoms with van der Waals surface area (Å²) >= 11 is 1.47. The van der Waals surface area contributed by atoms with E-state index in [1.165, 1.54) is 11.3 Å². The second-order valence-electron chi connectivity index (χ2n) is 3.84. The van der Waals surface area contributed by atoms with E-state index in [0.717, 1.165) is 36.1 Å². The van der Waals surface area contributed by atoms with Gasteiger partial charge < -0.3 is 9.80 Å². The van der Waals surface area contributed by atoms with Crippen LogP contribution in [0, 0.1) is 6.92 Å². The van der Waals surface area contributed by atoms with Crippen LogP contribution in [0.2, 0.25) is 0 Å². The van der Waals surface area contributed by atoms with Gasteiger partial charge in [0.15, 0.2) is 0 Å². The minimum Gasteiger partial charge on any atom is -0.335 e. The van der Waals surface area contributed by atoms with Crippen LogP contribution >= 0.6 is 11.3 Å². The van der Waals surface area contributed by atoms with Gasteiger partial charge in [0.25, 0.3) is 5.91 Å². The molecule has 15 heavy (non-hydrogen) atoms. The monoisotopic (exact) mass is 225 g/mol. The number of aryl methyl sites for hydroxylation is 1. The summed E-state index contributed by atoms with van der Waals surface area (Å²) in [5, 5.41) is 0.951. The topological polar surface area (TPSA) is 36.4 Å². The zero-order valence-corrected chi connectivity index (χ0v) is 9.88. The predicted molar refractivity (Wildman–Crippen MR) is 60.3 cm³/mol. The largest absolute Gasteiger partial charge is 0.335 e. The van der Waals surface area contributed by atoms with Crippen LogP contribution in [0.3, 0.4) is 0 Å². The minimum absolute atomic E-state index is 0.133. The fourth-order valence-corrected chi connectivity index (χ4v) is 2.37. The van der Waals surface area contributed by atoms with Crippen molar-refractivity contribution in [2.24, 2.45) is 0 Å². The first-order valence-corrected chi connectivity index (χ1v) is 5.89. The van der Waals surface area contributed by atoms with Crippen LogP contribution in [-0.4, -0.2) is 53.9 Å². The van der Waals surface area contributed by atoms with Gasteiger partial charge in [0, 0.05) is 26.2 Å². The molecule has 0 unspecified atom stereocenters. The Bertz CT molecular complexity index is 355. The van der Waals surface area contributed by atoms with Crippen LogP contribution < -0.4 is 0 Å². The average Bonchev–Trinajstić information content (AvgIpc) is 2.65. The fourth-order valence-electron chi connectivity index (χ4n) is 1.63. The van der Waals surface area contributed by atoms with Crippen LogP contribution in [0.25, 0.3) is 0 Å². The van der Waals surface area contributed by atoms with E-state index in [1.54, 1.807) is 6.20 Å². The number of carbonyl (C=O) groups excluding carboxylic acids is 1. The maximum absolute atomic E-state index is 12.0. The molecule has 0 aromatic carbocycles. The van der Waals surface area contributed by atoms with Crippen molar-refractivity contribution >= 4 is 17.2 Å². The highest BCUT2D eigenvalue weighted by molar-refractivity contribution is 7.13. The third kappa shape index (κ3) is 2.35. The number of carbonyl (C=O) groups is 1. The van der Waals surface area contributed by atoms with Gasteiger partial charge in [-0.1, -0.05) is 0 Å². The summed E-state index contributed by atoms with van der Waals surface area (Å²) in [6.45, 7) is 5.50. The molecule has 5 heteroatoms. The van der Waals surface area contributed by atoms with Gasteiger partial charge in [-0.3, -0.25) is 4.79 Å². The SMILES string of the molecule is Cc1ncc(C(=O)N2CCN(C)CC2)s1. The Morgan fingerprint density at radius 1 is 1.40 bits per heavy atom. The zero-order chi connectivity index (χ0) is 10.8. The highest BCUT2D eigenvalue weighted by atomic mass is 32.1. The number of hydrogen-bond donors (Lipinski definition) is 0. The molecule has 0 spiro atoms. The molecular formula is C10H15N3OS. The molecule has 0 atom stereocenters. The number of likely N-dealkylation sites (N-methyl/N-ethyl adjacent to an activating group) is 1. The molecular weight excluding hydrogens is 210 g/mol. The number of rotatable bonds is 1. The Balaban J connectivity index is 2.02. The van der Waals surface area contributed by atoms with Crippen LogP contribution in [0.4, 0.5) is 0 Å². The van der Waals surface area contributed by atoms with E-state index in [2.05, 4.69) is 16.9 Å². The van der Waals surface area contributed by atoms with Crippen LogP contribution in [0.5, 0.6) is 0 Å². The van der Waals surface area contributed by atoms with E-state index in [-0.39, 0.29) is 5.91 Å². The van der Waals surface area contributed by atoms with Gasteiger partial charge >= 0.3 is 0 Å². The maximum Gasteiger partial charge on any atom is 0.265 e. The van der Waals surface area contributed by atoms with Gasteiger partial charge in [-0.15, -0.1) is 11.3 Å². The van der Waals surface area contributed by atoms with Gasteiger partial charge in [0.05, 0.1) is 11.2 Å². The molecule has 2 rings (SSSR count). The molecule has 2 heterocycles. The second-order valence-corrected chi connectivity index (χ2v) is 5.07. The van der Waals surface area contributed by atoms with Crippen molar-refractivity contribution in [2.75, 3.05) is 33.2 Å². The quantitative estimate of drug-likeness (QED) is 0.710. The summed E-state index contributed by atoms with van der Waals surface area (Å²) in [7, 11) is 2.08. The predicted octanol–water partition coefficient (Wildman–Crippen LogP) is 0.839. The lowest BCUT2D eigenvalue weighted by atomic mass is 10.3. The van der Waals surface area contributed by atoms with Gasteiger partial charge in [-0.25, -0.2) is 4.98 Å². The molecule has 1 aliphatic heterocycles. The fraction of sp³-hybridized carbons (Fsp3) is 0.600. The van der Waals surface area contributed by atoms with Crippen LogP contribution in [0.1, 0.15) is 14.7 Å². The summed E-state index contributed by atoms with van der Waals surface area (Å²) in [5.41, 5.74) is 0. The highest BCUT2D eigenvalue weighted by Crippen LogP contribution is 2.15. The molecule has 1 amide bonds. The molecule has 0 aliphatic carbocycles. The molecule has 4 nitrogen and oxygen atoms in total. The lowest BCUT2D eigenvalue weighted by molar-refractivity contribution is 0.0669. The first-order chi connectivity index (χ1) is 7.16. The number of nitrogens with zero attached hydrogens (tertiary/aromatic N) is 3. The van der Waals surface area contributed by atoms with Gasteiger partial charge in [-0.2, -0.15) is 0 Å². The van der Waals surface area contributed by atoms with E-state index in [9.17, 15) is 4.79 Å². The molecule has 82 valence electrons. The molecule has 1 aromatic heterocycles. The van der Waals surface area contributed by atoms with E-state index in [0.29, 0.717) is 0 Å². The van der Waals surface area contributed by atoms with Gasteiger partial charge in [0.2, 0.25) is 0 Å². The van der Waals surface area contributed by atoms with E-state index in [4.69, 9.17) is 0 Å². The Kier molecular flexibility index (Phi) is 3.02. The maximum atomic E-state index is 12.0. The lowest BCUT2D eigenvalue weighted by Crippen LogP contribution is -2.46. The normalized spacial score (nSPS) is 18.1. The van der Waals surface area contributed by atoms with E-state index < -0.39 is 0 Å². The summed E-state index contributed by atoms with van der Waals surface area (Å²) < 4.78 is 0.